The molecular weight excluding hydrogens is 450 g/mol. The van der Waals surface area contributed by atoms with Gasteiger partial charge in [0.05, 0.1) is 11.9 Å². The number of carbonyl (C=O) groups is 2. The Morgan fingerprint density at radius 3 is 2.25 bits per heavy atom. The number of aryl methyl sites for hydroxylation is 2. The molecule has 0 radical (unpaired) electrons. The first kappa shape index (κ1) is 25.7. The van der Waals surface area contributed by atoms with Gasteiger partial charge in [0.15, 0.2) is 0 Å². The number of anilines is 1. The van der Waals surface area contributed by atoms with Crippen molar-refractivity contribution >= 4 is 39.1 Å². The minimum atomic E-state index is -3.75. The predicted molar refractivity (Wildman–Crippen MR) is 128 cm³/mol. The molecule has 0 unspecified atom stereocenters. The Kier molecular flexibility index (Phi) is 8.69. The summed E-state index contributed by atoms with van der Waals surface area (Å²) in [5.74, 6) is -0.812. The molecule has 0 saturated heterocycles. The third-order valence-electron chi connectivity index (χ3n) is 4.93. The number of likely N-dealkylation sites (N-methyl/N-ethyl adjacent to an activating group) is 1. The lowest BCUT2D eigenvalue weighted by Gasteiger charge is -2.31. The number of hydrogen-bond donors (Lipinski definition) is 1. The first-order chi connectivity index (χ1) is 14.9. The van der Waals surface area contributed by atoms with Crippen molar-refractivity contribution in [3.8, 4) is 0 Å². The van der Waals surface area contributed by atoms with E-state index in [1.54, 1.807) is 50.2 Å². The fourth-order valence-electron chi connectivity index (χ4n) is 3.44. The molecule has 2 aromatic rings. The Bertz CT molecular complexity index is 1070. The zero-order chi connectivity index (χ0) is 24.1. The second-order valence-corrected chi connectivity index (χ2v) is 10.2. The Balaban J connectivity index is 2.42. The third-order valence-corrected chi connectivity index (χ3v) is 6.31. The molecule has 2 amide bonds. The van der Waals surface area contributed by atoms with E-state index in [0.717, 1.165) is 27.3 Å². The summed E-state index contributed by atoms with van der Waals surface area (Å²) < 4.78 is 26.2. The average molecular weight is 480 g/mol. The number of amides is 2. The highest BCUT2D eigenvalue weighted by Gasteiger charge is 2.30. The molecule has 0 saturated carbocycles. The standard InChI is InChI=1S/C23H30ClN3O4S/c1-6-25-23(29)18(4)26(14-19-8-7-9-20(24)13-19)22(28)15-27(32(5,30)31)21-11-16(2)10-17(3)12-21/h7-13,18H,6,14-15H2,1-5H3,(H,25,29)/t18-/m1/s1. The molecule has 1 N–H and O–H groups in total. The van der Waals surface area contributed by atoms with Gasteiger partial charge in [-0.3, -0.25) is 13.9 Å². The molecule has 2 aromatic carbocycles. The Morgan fingerprint density at radius 1 is 1.09 bits per heavy atom. The molecule has 0 aromatic heterocycles. The SMILES string of the molecule is CCNC(=O)[C@@H](C)N(Cc1cccc(Cl)c1)C(=O)CN(c1cc(C)cc(C)c1)S(C)(=O)=O. The van der Waals surface area contributed by atoms with Gasteiger partial charge in [-0.1, -0.05) is 29.8 Å². The summed E-state index contributed by atoms with van der Waals surface area (Å²) in [6, 6.07) is 11.5. The van der Waals surface area contributed by atoms with Gasteiger partial charge in [-0.05, 0) is 68.7 Å². The molecule has 0 heterocycles. The highest BCUT2D eigenvalue weighted by Crippen LogP contribution is 2.22. The van der Waals surface area contributed by atoms with Crippen LogP contribution in [0.25, 0.3) is 0 Å². The predicted octanol–water partition coefficient (Wildman–Crippen LogP) is 3.28. The van der Waals surface area contributed by atoms with Crippen LogP contribution in [0.3, 0.4) is 0 Å². The summed E-state index contributed by atoms with van der Waals surface area (Å²) in [6.07, 6.45) is 1.06. The molecular formula is C23H30ClN3O4S. The van der Waals surface area contributed by atoms with Crippen molar-refractivity contribution in [2.75, 3.05) is 23.7 Å². The molecule has 2 rings (SSSR count). The van der Waals surface area contributed by atoms with Crippen LogP contribution in [-0.4, -0.2) is 50.5 Å². The summed E-state index contributed by atoms with van der Waals surface area (Å²) in [7, 11) is -3.75. The Morgan fingerprint density at radius 2 is 1.72 bits per heavy atom. The highest BCUT2D eigenvalue weighted by molar-refractivity contribution is 7.92. The van der Waals surface area contributed by atoms with Gasteiger partial charge in [0.2, 0.25) is 21.8 Å². The van der Waals surface area contributed by atoms with E-state index in [4.69, 9.17) is 11.6 Å². The van der Waals surface area contributed by atoms with Gasteiger partial charge in [-0.2, -0.15) is 0 Å². The first-order valence-corrected chi connectivity index (χ1v) is 12.5. The zero-order valence-corrected chi connectivity index (χ0v) is 20.6. The minimum Gasteiger partial charge on any atom is -0.355 e. The number of halogens is 1. The number of carbonyl (C=O) groups excluding carboxylic acids is 2. The van der Waals surface area contributed by atoms with Gasteiger partial charge in [-0.15, -0.1) is 0 Å². The van der Waals surface area contributed by atoms with Crippen molar-refractivity contribution in [1.82, 2.24) is 10.2 Å². The quantitative estimate of drug-likeness (QED) is 0.598. The van der Waals surface area contributed by atoms with Crippen LogP contribution < -0.4 is 9.62 Å². The fourth-order valence-corrected chi connectivity index (χ4v) is 4.49. The second-order valence-electron chi connectivity index (χ2n) is 7.84. The maximum atomic E-state index is 13.4. The molecule has 7 nitrogen and oxygen atoms in total. The van der Waals surface area contributed by atoms with E-state index in [9.17, 15) is 18.0 Å². The lowest BCUT2D eigenvalue weighted by molar-refractivity contribution is -0.139. The number of sulfonamides is 1. The average Bonchev–Trinajstić information content (AvgIpc) is 2.68. The molecule has 0 aliphatic carbocycles. The summed E-state index contributed by atoms with van der Waals surface area (Å²) >= 11 is 6.08. The van der Waals surface area contributed by atoms with E-state index in [1.807, 2.05) is 19.9 Å². The first-order valence-electron chi connectivity index (χ1n) is 10.3. The van der Waals surface area contributed by atoms with E-state index in [0.29, 0.717) is 17.3 Å². The van der Waals surface area contributed by atoms with Crippen LogP contribution in [0, 0.1) is 13.8 Å². The molecule has 32 heavy (non-hydrogen) atoms. The summed E-state index contributed by atoms with van der Waals surface area (Å²) in [6.45, 7) is 7.24. The van der Waals surface area contributed by atoms with Gasteiger partial charge in [0, 0.05) is 18.1 Å². The van der Waals surface area contributed by atoms with Crippen LogP contribution in [0.15, 0.2) is 42.5 Å². The van der Waals surface area contributed by atoms with Gasteiger partial charge < -0.3 is 10.2 Å². The topological polar surface area (TPSA) is 86.8 Å². The number of hydrogen-bond acceptors (Lipinski definition) is 4. The van der Waals surface area contributed by atoms with Gasteiger partial charge >= 0.3 is 0 Å². The molecule has 9 heteroatoms. The number of nitrogens with zero attached hydrogens (tertiary/aromatic N) is 2. The van der Waals surface area contributed by atoms with E-state index < -0.39 is 28.5 Å². The van der Waals surface area contributed by atoms with Crippen LogP contribution in [0.2, 0.25) is 5.02 Å². The monoisotopic (exact) mass is 479 g/mol. The maximum Gasteiger partial charge on any atom is 0.244 e. The largest absolute Gasteiger partial charge is 0.355 e. The van der Waals surface area contributed by atoms with Crippen LogP contribution in [0.1, 0.15) is 30.5 Å². The highest BCUT2D eigenvalue weighted by atomic mass is 35.5. The van der Waals surface area contributed by atoms with Crippen LogP contribution in [0.4, 0.5) is 5.69 Å². The molecule has 174 valence electrons. The van der Waals surface area contributed by atoms with E-state index in [-0.39, 0.29) is 12.5 Å². The number of rotatable bonds is 9. The minimum absolute atomic E-state index is 0.113. The summed E-state index contributed by atoms with van der Waals surface area (Å²) in [5.41, 5.74) is 2.91. The number of benzene rings is 2. The van der Waals surface area contributed by atoms with Crippen molar-refractivity contribution in [3.63, 3.8) is 0 Å². The van der Waals surface area contributed by atoms with E-state index >= 15 is 0 Å². The summed E-state index contributed by atoms with van der Waals surface area (Å²) in [5, 5.41) is 3.23. The van der Waals surface area contributed by atoms with Crippen LogP contribution >= 0.6 is 11.6 Å². The molecule has 0 aliphatic heterocycles. The fraction of sp³-hybridized carbons (Fsp3) is 0.391. The van der Waals surface area contributed by atoms with Crippen molar-refractivity contribution < 1.29 is 18.0 Å². The number of nitrogens with one attached hydrogen (secondary N) is 1. The lowest BCUT2D eigenvalue weighted by atomic mass is 10.1. The smallest absolute Gasteiger partial charge is 0.244 e. The molecule has 0 spiro atoms. The summed E-state index contributed by atoms with van der Waals surface area (Å²) in [4.78, 5) is 27.3. The van der Waals surface area contributed by atoms with Gasteiger partial charge in [-0.25, -0.2) is 8.42 Å². The van der Waals surface area contributed by atoms with Crippen molar-refractivity contribution in [3.05, 3.63) is 64.2 Å². The van der Waals surface area contributed by atoms with Crippen LogP contribution in [-0.2, 0) is 26.2 Å². The normalized spacial score (nSPS) is 12.2. The Hall–Kier alpha value is -2.58. The van der Waals surface area contributed by atoms with Crippen molar-refractivity contribution in [2.24, 2.45) is 0 Å². The van der Waals surface area contributed by atoms with Gasteiger partial charge in [0.1, 0.15) is 12.6 Å². The van der Waals surface area contributed by atoms with Crippen molar-refractivity contribution in [1.29, 1.82) is 0 Å². The van der Waals surface area contributed by atoms with E-state index in [2.05, 4.69) is 5.32 Å². The van der Waals surface area contributed by atoms with Crippen LogP contribution in [0.5, 0.6) is 0 Å². The lowest BCUT2D eigenvalue weighted by Crippen LogP contribution is -2.51. The maximum absolute atomic E-state index is 13.4. The van der Waals surface area contributed by atoms with E-state index in [1.165, 1.54) is 4.90 Å². The molecule has 1 atom stereocenters. The molecule has 0 fully saturated rings. The van der Waals surface area contributed by atoms with Crippen molar-refractivity contribution in [2.45, 2.75) is 40.3 Å². The van der Waals surface area contributed by atoms with Gasteiger partial charge in [0.25, 0.3) is 0 Å². The molecule has 0 bridgehead atoms. The Labute approximate surface area is 195 Å². The molecule has 0 aliphatic rings. The third kappa shape index (κ3) is 6.97. The second kappa shape index (κ2) is 10.8. The zero-order valence-electron chi connectivity index (χ0n) is 19.1.